The molecule has 0 aromatic carbocycles. The van der Waals surface area contributed by atoms with Crippen LogP contribution in [0, 0.1) is 6.92 Å². The zero-order chi connectivity index (χ0) is 15.5. The van der Waals surface area contributed by atoms with E-state index in [0.717, 1.165) is 29.8 Å². The molecule has 1 aliphatic heterocycles. The lowest BCUT2D eigenvalue weighted by molar-refractivity contribution is -0.00151. The Labute approximate surface area is 133 Å². The van der Waals surface area contributed by atoms with Crippen molar-refractivity contribution < 1.29 is 9.53 Å². The predicted octanol–water partition coefficient (Wildman–Crippen LogP) is 2.83. The van der Waals surface area contributed by atoms with Crippen LogP contribution in [0.5, 0.6) is 0 Å². The Hall–Kier alpha value is -1.86. The van der Waals surface area contributed by atoms with E-state index in [1.54, 1.807) is 17.7 Å². The smallest absolute Gasteiger partial charge is 0.319 e. The van der Waals surface area contributed by atoms with Crippen molar-refractivity contribution in [3.8, 4) is 0 Å². The van der Waals surface area contributed by atoms with Gasteiger partial charge in [0.05, 0.1) is 23.9 Å². The van der Waals surface area contributed by atoms with Crippen LogP contribution in [0.1, 0.15) is 30.2 Å². The number of urea groups is 1. The summed E-state index contributed by atoms with van der Waals surface area (Å²) in [6.07, 6.45) is 5.15. The van der Waals surface area contributed by atoms with Crippen molar-refractivity contribution in [3.63, 3.8) is 0 Å². The monoisotopic (exact) mass is 320 g/mol. The van der Waals surface area contributed by atoms with E-state index in [4.69, 9.17) is 4.74 Å². The Kier molecular flexibility index (Phi) is 4.44. The van der Waals surface area contributed by atoms with Crippen molar-refractivity contribution in [1.82, 2.24) is 14.9 Å². The standard InChI is InChI=1S/C15H20N4O2S/c1-10-7-22-8-12(10)18-15(20)17-11-3-4-21-14(5-11)13-6-16-9-19(13)2/h6-9,11,14H,3-5H2,1-2H3,(H2,17,18,20). The topological polar surface area (TPSA) is 68.2 Å². The zero-order valence-electron chi connectivity index (χ0n) is 12.7. The highest BCUT2D eigenvalue weighted by Crippen LogP contribution is 2.27. The number of anilines is 1. The van der Waals surface area contributed by atoms with Crippen LogP contribution in [-0.2, 0) is 11.8 Å². The van der Waals surface area contributed by atoms with E-state index >= 15 is 0 Å². The first kappa shape index (κ1) is 15.1. The molecule has 2 aromatic heterocycles. The Morgan fingerprint density at radius 2 is 2.36 bits per heavy atom. The summed E-state index contributed by atoms with van der Waals surface area (Å²) in [7, 11) is 1.95. The first-order chi connectivity index (χ1) is 10.6. The minimum absolute atomic E-state index is 0.0190. The van der Waals surface area contributed by atoms with Gasteiger partial charge < -0.3 is 19.9 Å². The lowest BCUT2D eigenvalue weighted by atomic mass is 10.0. The number of amides is 2. The van der Waals surface area contributed by atoms with Gasteiger partial charge in [0.15, 0.2) is 0 Å². The number of imidazole rings is 1. The lowest BCUT2D eigenvalue weighted by Crippen LogP contribution is -2.42. The maximum absolute atomic E-state index is 12.1. The average Bonchev–Trinajstić information content (AvgIpc) is 3.08. The molecule has 1 saturated heterocycles. The van der Waals surface area contributed by atoms with Crippen LogP contribution in [-0.4, -0.2) is 28.2 Å². The normalized spacial score (nSPS) is 21.5. The van der Waals surface area contributed by atoms with Crippen molar-refractivity contribution in [1.29, 1.82) is 0 Å². The number of hydrogen-bond acceptors (Lipinski definition) is 4. The second-order valence-electron chi connectivity index (χ2n) is 5.58. The van der Waals surface area contributed by atoms with E-state index in [0.29, 0.717) is 6.61 Å². The molecular formula is C15H20N4O2S. The molecule has 1 fully saturated rings. The molecule has 2 N–H and O–H groups in total. The van der Waals surface area contributed by atoms with E-state index < -0.39 is 0 Å². The van der Waals surface area contributed by atoms with Crippen LogP contribution in [0.4, 0.5) is 10.5 Å². The number of nitrogens with one attached hydrogen (secondary N) is 2. The van der Waals surface area contributed by atoms with Crippen LogP contribution in [0.25, 0.3) is 0 Å². The maximum atomic E-state index is 12.1. The average molecular weight is 320 g/mol. The molecule has 3 rings (SSSR count). The van der Waals surface area contributed by atoms with E-state index in [9.17, 15) is 4.79 Å². The van der Waals surface area contributed by atoms with Crippen LogP contribution in [0.2, 0.25) is 0 Å². The van der Waals surface area contributed by atoms with Gasteiger partial charge in [-0.3, -0.25) is 0 Å². The highest BCUT2D eigenvalue weighted by atomic mass is 32.1. The van der Waals surface area contributed by atoms with Crippen molar-refractivity contribution in [2.45, 2.75) is 31.9 Å². The first-order valence-electron chi connectivity index (χ1n) is 7.31. The lowest BCUT2D eigenvalue weighted by Gasteiger charge is -2.30. The van der Waals surface area contributed by atoms with E-state index in [-0.39, 0.29) is 18.2 Å². The highest BCUT2D eigenvalue weighted by molar-refractivity contribution is 7.08. The number of hydrogen-bond donors (Lipinski definition) is 2. The summed E-state index contributed by atoms with van der Waals surface area (Å²) in [4.78, 5) is 16.2. The van der Waals surface area contributed by atoms with Crippen LogP contribution >= 0.6 is 11.3 Å². The molecule has 0 saturated carbocycles. The number of carbonyl (C=O) groups is 1. The molecule has 22 heavy (non-hydrogen) atoms. The van der Waals surface area contributed by atoms with Gasteiger partial charge in [-0.15, -0.1) is 11.3 Å². The third kappa shape index (κ3) is 3.31. The fraction of sp³-hybridized carbons (Fsp3) is 0.467. The summed E-state index contributed by atoms with van der Waals surface area (Å²) >= 11 is 1.58. The summed E-state index contributed by atoms with van der Waals surface area (Å²) in [5.74, 6) is 0. The van der Waals surface area contributed by atoms with Gasteiger partial charge in [-0.1, -0.05) is 0 Å². The molecule has 0 radical (unpaired) electrons. The molecule has 1 aliphatic rings. The van der Waals surface area contributed by atoms with Crippen molar-refractivity contribution >= 4 is 23.1 Å². The molecule has 0 aliphatic carbocycles. The summed E-state index contributed by atoms with van der Waals surface area (Å²) in [5.41, 5.74) is 3.00. The summed E-state index contributed by atoms with van der Waals surface area (Å²) < 4.78 is 7.77. The van der Waals surface area contributed by atoms with E-state index in [1.807, 2.05) is 35.5 Å². The van der Waals surface area contributed by atoms with Gasteiger partial charge in [0, 0.05) is 25.1 Å². The van der Waals surface area contributed by atoms with Gasteiger partial charge in [0.25, 0.3) is 0 Å². The summed E-state index contributed by atoms with van der Waals surface area (Å²) in [6.45, 7) is 2.62. The van der Waals surface area contributed by atoms with Gasteiger partial charge in [0.2, 0.25) is 0 Å². The number of rotatable bonds is 3. The third-order valence-electron chi connectivity index (χ3n) is 3.91. The fourth-order valence-corrected chi connectivity index (χ4v) is 3.42. The van der Waals surface area contributed by atoms with Gasteiger partial charge >= 0.3 is 6.03 Å². The largest absolute Gasteiger partial charge is 0.372 e. The van der Waals surface area contributed by atoms with Crippen LogP contribution < -0.4 is 10.6 Å². The second kappa shape index (κ2) is 6.50. The van der Waals surface area contributed by atoms with Gasteiger partial charge in [0.1, 0.15) is 6.10 Å². The third-order valence-corrected chi connectivity index (χ3v) is 4.77. The zero-order valence-corrected chi connectivity index (χ0v) is 13.5. The second-order valence-corrected chi connectivity index (χ2v) is 6.32. The Morgan fingerprint density at radius 1 is 1.50 bits per heavy atom. The molecule has 118 valence electrons. The molecule has 2 aromatic rings. The molecule has 2 amide bonds. The van der Waals surface area contributed by atoms with Crippen LogP contribution in [0.3, 0.4) is 0 Å². The fourth-order valence-electron chi connectivity index (χ4n) is 2.64. The number of aryl methyl sites for hydroxylation is 2. The van der Waals surface area contributed by atoms with E-state index in [1.165, 1.54) is 0 Å². The SMILES string of the molecule is Cc1cscc1NC(=O)NC1CCOC(c2cncn2C)C1. The van der Waals surface area contributed by atoms with Crippen molar-refractivity contribution in [2.75, 3.05) is 11.9 Å². The number of thiophene rings is 1. The van der Waals surface area contributed by atoms with E-state index in [2.05, 4.69) is 15.6 Å². The van der Waals surface area contributed by atoms with Crippen LogP contribution in [0.15, 0.2) is 23.3 Å². The minimum Gasteiger partial charge on any atom is -0.372 e. The molecule has 7 heteroatoms. The molecule has 3 heterocycles. The van der Waals surface area contributed by atoms with Gasteiger partial charge in [-0.25, -0.2) is 9.78 Å². The highest BCUT2D eigenvalue weighted by Gasteiger charge is 2.26. The van der Waals surface area contributed by atoms with Gasteiger partial charge in [-0.2, -0.15) is 0 Å². The first-order valence-corrected chi connectivity index (χ1v) is 8.26. The number of ether oxygens (including phenoxy) is 1. The van der Waals surface area contributed by atoms with Gasteiger partial charge in [-0.05, 0) is 30.7 Å². The molecule has 2 unspecified atom stereocenters. The molecule has 0 bridgehead atoms. The Balaban J connectivity index is 1.57. The van der Waals surface area contributed by atoms with Crippen molar-refractivity contribution in [3.05, 3.63) is 34.5 Å². The molecule has 2 atom stereocenters. The summed E-state index contributed by atoms with van der Waals surface area (Å²) in [5, 5.41) is 9.90. The maximum Gasteiger partial charge on any atom is 0.319 e. The number of carbonyl (C=O) groups excluding carboxylic acids is 1. The van der Waals surface area contributed by atoms with Crippen molar-refractivity contribution in [2.24, 2.45) is 7.05 Å². The summed E-state index contributed by atoms with van der Waals surface area (Å²) in [6, 6.07) is -0.0512. The molecule has 6 nitrogen and oxygen atoms in total. The quantitative estimate of drug-likeness (QED) is 0.914. The molecular weight excluding hydrogens is 300 g/mol. The number of nitrogens with zero attached hydrogens (tertiary/aromatic N) is 2. The number of aromatic nitrogens is 2. The Bertz CT molecular complexity index is 652. The Morgan fingerprint density at radius 3 is 3.05 bits per heavy atom. The predicted molar refractivity (Wildman–Crippen MR) is 86.1 cm³/mol. The minimum atomic E-state index is -0.155. The molecule has 0 spiro atoms.